The summed E-state index contributed by atoms with van der Waals surface area (Å²) in [6.45, 7) is 2.13. The summed E-state index contributed by atoms with van der Waals surface area (Å²) in [7, 11) is 0. The molecule has 1 aromatic rings. The van der Waals surface area contributed by atoms with Crippen LogP contribution in [0.15, 0.2) is 18.2 Å². The van der Waals surface area contributed by atoms with Gasteiger partial charge in [0, 0.05) is 13.2 Å². The summed E-state index contributed by atoms with van der Waals surface area (Å²) in [5.41, 5.74) is 0.227. The van der Waals surface area contributed by atoms with Crippen LogP contribution in [0.25, 0.3) is 0 Å². The van der Waals surface area contributed by atoms with Crippen LogP contribution in [0, 0.1) is 17.6 Å². The van der Waals surface area contributed by atoms with Gasteiger partial charge in [0.05, 0.1) is 12.3 Å². The average Bonchev–Trinajstić information content (AvgIpc) is 2.32. The molecule has 1 aromatic carbocycles. The van der Waals surface area contributed by atoms with Crippen molar-refractivity contribution in [3.63, 3.8) is 0 Å². The second-order valence-electron chi connectivity index (χ2n) is 4.07. The SMILES string of the molecule is Fc1cccc(NCC2CCCOC2)c1F. The first-order chi connectivity index (χ1) is 7.77. The third kappa shape index (κ3) is 2.70. The summed E-state index contributed by atoms with van der Waals surface area (Å²) < 4.78 is 31.5. The van der Waals surface area contributed by atoms with Gasteiger partial charge in [0.15, 0.2) is 11.6 Å². The molecule has 0 spiro atoms. The van der Waals surface area contributed by atoms with E-state index < -0.39 is 11.6 Å². The zero-order valence-electron chi connectivity index (χ0n) is 9.01. The molecule has 1 fully saturated rings. The number of anilines is 1. The molecule has 1 unspecified atom stereocenters. The third-order valence-corrected chi connectivity index (χ3v) is 2.79. The lowest BCUT2D eigenvalue weighted by Gasteiger charge is -2.22. The van der Waals surface area contributed by atoms with E-state index in [0.717, 1.165) is 25.5 Å². The van der Waals surface area contributed by atoms with Crippen LogP contribution in [-0.4, -0.2) is 19.8 Å². The summed E-state index contributed by atoms with van der Waals surface area (Å²) in [4.78, 5) is 0. The fourth-order valence-electron chi connectivity index (χ4n) is 1.86. The summed E-state index contributed by atoms with van der Waals surface area (Å²) in [6.07, 6.45) is 2.11. The highest BCUT2D eigenvalue weighted by Crippen LogP contribution is 2.19. The first kappa shape index (κ1) is 11.3. The molecule has 2 rings (SSSR count). The van der Waals surface area contributed by atoms with Crippen LogP contribution >= 0.6 is 0 Å². The lowest BCUT2D eigenvalue weighted by Crippen LogP contribution is -2.24. The Labute approximate surface area is 93.6 Å². The zero-order chi connectivity index (χ0) is 11.4. The highest BCUT2D eigenvalue weighted by Gasteiger charge is 2.14. The van der Waals surface area contributed by atoms with Crippen molar-refractivity contribution in [2.24, 2.45) is 5.92 Å². The summed E-state index contributed by atoms with van der Waals surface area (Å²) >= 11 is 0. The molecular weight excluding hydrogens is 212 g/mol. The number of hydrogen-bond acceptors (Lipinski definition) is 2. The van der Waals surface area contributed by atoms with Gasteiger partial charge in [0.25, 0.3) is 0 Å². The average molecular weight is 227 g/mol. The molecule has 1 aliphatic rings. The predicted octanol–water partition coefficient (Wildman–Crippen LogP) is 2.80. The first-order valence-electron chi connectivity index (χ1n) is 5.53. The lowest BCUT2D eigenvalue weighted by molar-refractivity contribution is 0.0595. The molecule has 1 N–H and O–H groups in total. The largest absolute Gasteiger partial charge is 0.382 e. The molecule has 1 saturated heterocycles. The molecule has 88 valence electrons. The molecule has 0 saturated carbocycles. The van der Waals surface area contributed by atoms with Crippen molar-refractivity contribution < 1.29 is 13.5 Å². The van der Waals surface area contributed by atoms with Crippen LogP contribution in [0.1, 0.15) is 12.8 Å². The second kappa shape index (κ2) is 5.25. The maximum Gasteiger partial charge on any atom is 0.181 e. The minimum absolute atomic E-state index is 0.227. The maximum absolute atomic E-state index is 13.3. The van der Waals surface area contributed by atoms with E-state index >= 15 is 0 Å². The molecule has 0 aliphatic carbocycles. The Bertz CT molecular complexity index is 351. The van der Waals surface area contributed by atoms with Crippen LogP contribution in [-0.2, 0) is 4.74 Å². The van der Waals surface area contributed by atoms with Crippen molar-refractivity contribution in [3.05, 3.63) is 29.8 Å². The summed E-state index contributed by atoms with van der Waals surface area (Å²) in [5.74, 6) is -1.24. The molecule has 1 heterocycles. The van der Waals surface area contributed by atoms with Gasteiger partial charge in [-0.1, -0.05) is 6.07 Å². The molecule has 4 heteroatoms. The molecular formula is C12H15F2NO. The fourth-order valence-corrected chi connectivity index (χ4v) is 1.86. The van der Waals surface area contributed by atoms with Crippen LogP contribution in [0.5, 0.6) is 0 Å². The number of ether oxygens (including phenoxy) is 1. The fraction of sp³-hybridized carbons (Fsp3) is 0.500. The van der Waals surface area contributed by atoms with Crippen molar-refractivity contribution in [2.45, 2.75) is 12.8 Å². The molecule has 0 amide bonds. The zero-order valence-corrected chi connectivity index (χ0v) is 9.01. The second-order valence-corrected chi connectivity index (χ2v) is 4.07. The van der Waals surface area contributed by atoms with Crippen LogP contribution in [0.3, 0.4) is 0 Å². The van der Waals surface area contributed by atoms with Gasteiger partial charge < -0.3 is 10.1 Å². The molecule has 1 atom stereocenters. The van der Waals surface area contributed by atoms with Crippen LogP contribution < -0.4 is 5.32 Å². The van der Waals surface area contributed by atoms with E-state index in [9.17, 15) is 8.78 Å². The van der Waals surface area contributed by atoms with Crippen LogP contribution in [0.2, 0.25) is 0 Å². The molecule has 0 aromatic heterocycles. The van der Waals surface area contributed by atoms with Gasteiger partial charge in [-0.05, 0) is 30.9 Å². The number of hydrogen-bond donors (Lipinski definition) is 1. The summed E-state index contributed by atoms with van der Waals surface area (Å²) in [6, 6.07) is 4.16. The van der Waals surface area contributed by atoms with Crippen molar-refractivity contribution >= 4 is 5.69 Å². The van der Waals surface area contributed by atoms with Crippen molar-refractivity contribution in [2.75, 3.05) is 25.1 Å². The predicted molar refractivity (Wildman–Crippen MR) is 58.4 cm³/mol. The van der Waals surface area contributed by atoms with Gasteiger partial charge in [0.1, 0.15) is 0 Å². The topological polar surface area (TPSA) is 21.3 Å². The maximum atomic E-state index is 13.3. The number of nitrogens with one attached hydrogen (secondary N) is 1. The van der Waals surface area contributed by atoms with Crippen molar-refractivity contribution in [3.8, 4) is 0 Å². The number of benzene rings is 1. The highest BCUT2D eigenvalue weighted by molar-refractivity contribution is 5.44. The highest BCUT2D eigenvalue weighted by atomic mass is 19.2. The van der Waals surface area contributed by atoms with Gasteiger partial charge in [-0.25, -0.2) is 8.78 Å². The third-order valence-electron chi connectivity index (χ3n) is 2.79. The van der Waals surface area contributed by atoms with Gasteiger partial charge in [0.2, 0.25) is 0 Å². The standard InChI is InChI=1S/C12H15F2NO/c13-10-4-1-5-11(12(10)14)15-7-9-3-2-6-16-8-9/h1,4-5,9,15H,2-3,6-8H2. The molecule has 1 aliphatic heterocycles. The molecule has 0 radical (unpaired) electrons. The van der Waals surface area contributed by atoms with Gasteiger partial charge >= 0.3 is 0 Å². The monoisotopic (exact) mass is 227 g/mol. The lowest BCUT2D eigenvalue weighted by atomic mass is 10.0. The Morgan fingerprint density at radius 1 is 1.38 bits per heavy atom. The normalized spacial score (nSPS) is 20.8. The van der Waals surface area contributed by atoms with Crippen molar-refractivity contribution in [1.29, 1.82) is 0 Å². The number of rotatable bonds is 3. The Morgan fingerprint density at radius 2 is 2.25 bits per heavy atom. The van der Waals surface area contributed by atoms with Crippen molar-refractivity contribution in [1.82, 2.24) is 0 Å². The van der Waals surface area contributed by atoms with Gasteiger partial charge in [-0.3, -0.25) is 0 Å². The minimum Gasteiger partial charge on any atom is -0.382 e. The van der Waals surface area contributed by atoms with E-state index in [4.69, 9.17) is 4.74 Å². The first-order valence-corrected chi connectivity index (χ1v) is 5.53. The smallest absolute Gasteiger partial charge is 0.181 e. The van der Waals surface area contributed by atoms with Gasteiger partial charge in [-0.2, -0.15) is 0 Å². The van der Waals surface area contributed by atoms with Gasteiger partial charge in [-0.15, -0.1) is 0 Å². The summed E-state index contributed by atoms with van der Waals surface area (Å²) in [5, 5.41) is 2.93. The Hall–Kier alpha value is -1.16. The Balaban J connectivity index is 1.91. The van der Waals surface area contributed by atoms with E-state index in [1.165, 1.54) is 6.07 Å². The Morgan fingerprint density at radius 3 is 3.00 bits per heavy atom. The van der Waals surface area contributed by atoms with E-state index in [-0.39, 0.29) is 5.69 Å². The molecule has 0 bridgehead atoms. The minimum atomic E-state index is -0.815. The van der Waals surface area contributed by atoms with E-state index in [1.807, 2.05) is 0 Å². The molecule has 2 nitrogen and oxygen atoms in total. The molecule has 16 heavy (non-hydrogen) atoms. The number of halogens is 2. The van der Waals surface area contributed by atoms with E-state index in [1.54, 1.807) is 6.07 Å². The van der Waals surface area contributed by atoms with Crippen LogP contribution in [0.4, 0.5) is 14.5 Å². The van der Waals surface area contributed by atoms with E-state index in [0.29, 0.717) is 19.1 Å². The Kier molecular flexibility index (Phi) is 3.72. The quantitative estimate of drug-likeness (QED) is 0.857. The van der Waals surface area contributed by atoms with E-state index in [2.05, 4.69) is 5.32 Å².